The first-order valence-electron chi connectivity index (χ1n) is 10.8. The number of halogens is 1. The lowest BCUT2D eigenvalue weighted by molar-refractivity contribution is -0.150. The van der Waals surface area contributed by atoms with Crippen molar-refractivity contribution in [2.24, 2.45) is 5.73 Å². The number of hydrogen-bond acceptors (Lipinski definition) is 7. The quantitative estimate of drug-likeness (QED) is 0.336. The van der Waals surface area contributed by atoms with E-state index in [4.69, 9.17) is 20.6 Å². The number of benzene rings is 2. The predicted molar refractivity (Wildman–Crippen MR) is 124 cm³/mol. The Hall–Kier alpha value is -3.87. The van der Waals surface area contributed by atoms with Gasteiger partial charge in [-0.2, -0.15) is 0 Å². The molecule has 0 spiro atoms. The number of hydrogen-bond donors (Lipinski definition) is 4. The number of amides is 3. The summed E-state index contributed by atoms with van der Waals surface area (Å²) in [7, 11) is 0. The van der Waals surface area contributed by atoms with Crippen LogP contribution in [0.3, 0.4) is 0 Å². The fourth-order valence-corrected chi connectivity index (χ4v) is 3.87. The van der Waals surface area contributed by atoms with Crippen LogP contribution < -0.4 is 20.9 Å². The van der Waals surface area contributed by atoms with Crippen LogP contribution in [-0.4, -0.2) is 73.8 Å². The fraction of sp³-hybridized carbons (Fsp3) is 0.304. The van der Waals surface area contributed by atoms with Gasteiger partial charge in [0.1, 0.15) is 18.3 Å². The lowest BCUT2D eigenvalue weighted by atomic mass is 10.1. The summed E-state index contributed by atoms with van der Waals surface area (Å²) in [5.74, 6) is -3.09. The SMILES string of the molecule is N=C(N)c1ccc(NC(=O)C(O)[C@H]2OCCN(c3cccc(N4CCOCC4=O)c3)C2=O)cc1F. The standard InChI is InChI=1S/C23H24FN5O6/c24-17-10-13(4-5-16(17)21(25)26)27-22(32)19(31)20-23(33)29(7-9-35-20)15-3-1-2-14(11-15)28-6-8-34-12-18(28)30/h1-5,10-11,19-20,31H,6-9,12H2,(H3,25,26)(H,27,32)/t19?,20-/m1/s1. The molecule has 12 heteroatoms. The highest BCUT2D eigenvalue weighted by molar-refractivity contribution is 6.04. The number of nitrogens with two attached hydrogens (primary N) is 1. The third-order valence-corrected chi connectivity index (χ3v) is 5.64. The first kappa shape index (κ1) is 24.3. The van der Waals surface area contributed by atoms with Gasteiger partial charge in [-0.15, -0.1) is 0 Å². The molecule has 2 heterocycles. The number of morpholine rings is 2. The van der Waals surface area contributed by atoms with Crippen LogP contribution in [0.25, 0.3) is 0 Å². The summed E-state index contributed by atoms with van der Waals surface area (Å²) in [5, 5.41) is 20.2. The molecule has 0 radical (unpaired) electrons. The van der Waals surface area contributed by atoms with Gasteiger partial charge in [-0.05, 0) is 36.4 Å². The Morgan fingerprint density at radius 3 is 2.54 bits per heavy atom. The van der Waals surface area contributed by atoms with Crippen molar-refractivity contribution in [3.8, 4) is 0 Å². The molecular formula is C23H24FN5O6. The number of nitrogens with zero attached hydrogens (tertiary/aromatic N) is 2. The van der Waals surface area contributed by atoms with E-state index in [1.807, 2.05) is 0 Å². The molecule has 2 aliphatic rings. The van der Waals surface area contributed by atoms with Crippen LogP contribution in [0, 0.1) is 11.2 Å². The second-order valence-electron chi connectivity index (χ2n) is 7.94. The molecule has 1 unspecified atom stereocenters. The Bertz CT molecular complexity index is 1170. The van der Waals surface area contributed by atoms with Crippen LogP contribution in [0.4, 0.5) is 21.5 Å². The van der Waals surface area contributed by atoms with Gasteiger partial charge in [0.25, 0.3) is 17.7 Å². The first-order valence-corrected chi connectivity index (χ1v) is 10.8. The number of ether oxygens (including phenoxy) is 2. The first-order chi connectivity index (χ1) is 16.8. The van der Waals surface area contributed by atoms with E-state index in [9.17, 15) is 23.9 Å². The van der Waals surface area contributed by atoms with Crippen LogP contribution in [-0.2, 0) is 23.9 Å². The maximum Gasteiger partial charge on any atom is 0.259 e. The molecule has 2 aromatic rings. The number of carbonyl (C=O) groups is 3. The molecule has 0 aliphatic carbocycles. The van der Waals surface area contributed by atoms with Gasteiger partial charge >= 0.3 is 0 Å². The lowest BCUT2D eigenvalue weighted by Crippen LogP contribution is -2.55. The van der Waals surface area contributed by atoms with Crippen molar-refractivity contribution in [3.05, 3.63) is 53.8 Å². The Kier molecular flexibility index (Phi) is 7.05. The van der Waals surface area contributed by atoms with E-state index in [0.29, 0.717) is 24.5 Å². The second-order valence-corrected chi connectivity index (χ2v) is 7.94. The van der Waals surface area contributed by atoms with Crippen LogP contribution in [0.1, 0.15) is 5.56 Å². The Labute approximate surface area is 199 Å². The van der Waals surface area contributed by atoms with Crippen molar-refractivity contribution < 1.29 is 33.4 Å². The number of aliphatic hydroxyl groups is 1. The number of amidine groups is 1. The molecule has 5 N–H and O–H groups in total. The maximum atomic E-state index is 14.0. The van der Waals surface area contributed by atoms with Crippen LogP contribution in [0.15, 0.2) is 42.5 Å². The minimum Gasteiger partial charge on any atom is -0.384 e. The van der Waals surface area contributed by atoms with E-state index in [1.54, 1.807) is 29.2 Å². The van der Waals surface area contributed by atoms with Gasteiger partial charge in [0.05, 0.1) is 18.8 Å². The minimum atomic E-state index is -1.87. The van der Waals surface area contributed by atoms with E-state index in [1.165, 1.54) is 17.0 Å². The zero-order valence-electron chi connectivity index (χ0n) is 18.6. The molecule has 4 rings (SSSR count). The molecule has 2 aliphatic heterocycles. The van der Waals surface area contributed by atoms with E-state index in [2.05, 4.69) is 5.32 Å². The Morgan fingerprint density at radius 2 is 1.86 bits per heavy atom. The van der Waals surface area contributed by atoms with Crippen molar-refractivity contribution in [2.75, 3.05) is 48.0 Å². The largest absolute Gasteiger partial charge is 0.384 e. The van der Waals surface area contributed by atoms with Crippen molar-refractivity contribution in [1.29, 1.82) is 5.41 Å². The van der Waals surface area contributed by atoms with E-state index in [-0.39, 0.29) is 36.9 Å². The molecule has 0 saturated carbocycles. The summed E-state index contributed by atoms with van der Waals surface area (Å²) in [5.41, 5.74) is 6.24. The predicted octanol–water partition coefficient (Wildman–Crippen LogP) is 0.204. The Balaban J connectivity index is 1.47. The number of carbonyl (C=O) groups excluding carboxylic acids is 3. The van der Waals surface area contributed by atoms with Crippen molar-refractivity contribution in [1.82, 2.24) is 0 Å². The molecule has 0 bridgehead atoms. The summed E-state index contributed by atoms with van der Waals surface area (Å²) in [4.78, 5) is 40.8. The number of aliphatic hydroxyl groups excluding tert-OH is 1. The zero-order valence-corrected chi connectivity index (χ0v) is 18.6. The molecule has 2 aromatic carbocycles. The van der Waals surface area contributed by atoms with Crippen molar-refractivity contribution in [3.63, 3.8) is 0 Å². The molecule has 11 nitrogen and oxygen atoms in total. The fourth-order valence-electron chi connectivity index (χ4n) is 3.87. The third-order valence-electron chi connectivity index (χ3n) is 5.64. The van der Waals surface area contributed by atoms with Crippen molar-refractivity contribution in [2.45, 2.75) is 12.2 Å². The van der Waals surface area contributed by atoms with Crippen LogP contribution in [0.5, 0.6) is 0 Å². The number of rotatable bonds is 6. The maximum absolute atomic E-state index is 14.0. The smallest absolute Gasteiger partial charge is 0.259 e. The average molecular weight is 485 g/mol. The van der Waals surface area contributed by atoms with Gasteiger partial charge in [-0.3, -0.25) is 19.8 Å². The summed E-state index contributed by atoms with van der Waals surface area (Å²) in [6.45, 7) is 1.00. The molecular weight excluding hydrogens is 461 g/mol. The minimum absolute atomic E-state index is 0.0135. The normalized spacial score (nSPS) is 19.4. The van der Waals surface area contributed by atoms with E-state index < -0.39 is 35.7 Å². The highest BCUT2D eigenvalue weighted by Crippen LogP contribution is 2.26. The second kappa shape index (κ2) is 10.2. The van der Waals surface area contributed by atoms with Gasteiger partial charge in [0, 0.05) is 30.2 Å². The molecule has 2 saturated heterocycles. The Morgan fingerprint density at radius 1 is 1.14 bits per heavy atom. The van der Waals surface area contributed by atoms with Gasteiger partial charge in [-0.25, -0.2) is 4.39 Å². The highest BCUT2D eigenvalue weighted by atomic mass is 19.1. The molecule has 0 aromatic heterocycles. The summed E-state index contributed by atoms with van der Waals surface area (Å²) in [6, 6.07) is 10.3. The van der Waals surface area contributed by atoms with Crippen molar-refractivity contribution >= 4 is 40.6 Å². The summed E-state index contributed by atoms with van der Waals surface area (Å²) < 4.78 is 24.6. The number of nitrogens with one attached hydrogen (secondary N) is 2. The van der Waals surface area contributed by atoms with Gasteiger partial charge < -0.3 is 35.4 Å². The van der Waals surface area contributed by atoms with E-state index in [0.717, 1.165) is 6.07 Å². The molecule has 3 amide bonds. The average Bonchev–Trinajstić information content (AvgIpc) is 2.84. The van der Waals surface area contributed by atoms with Crippen LogP contribution in [0.2, 0.25) is 0 Å². The lowest BCUT2D eigenvalue weighted by Gasteiger charge is -2.35. The summed E-state index contributed by atoms with van der Waals surface area (Å²) >= 11 is 0. The highest BCUT2D eigenvalue weighted by Gasteiger charge is 2.39. The van der Waals surface area contributed by atoms with Crippen LogP contribution >= 0.6 is 0 Å². The van der Waals surface area contributed by atoms with Gasteiger partial charge in [-0.1, -0.05) is 6.07 Å². The third kappa shape index (κ3) is 5.14. The summed E-state index contributed by atoms with van der Waals surface area (Å²) in [6.07, 6.45) is -3.36. The number of anilines is 3. The van der Waals surface area contributed by atoms with Gasteiger partial charge in [0.2, 0.25) is 0 Å². The number of nitrogen functional groups attached to an aromatic ring is 1. The molecule has 2 fully saturated rings. The topological polar surface area (TPSA) is 158 Å². The molecule has 2 atom stereocenters. The van der Waals surface area contributed by atoms with Gasteiger partial charge in [0.15, 0.2) is 12.2 Å². The van der Waals surface area contributed by atoms with E-state index >= 15 is 0 Å². The zero-order chi connectivity index (χ0) is 25.1. The molecule has 184 valence electrons. The monoisotopic (exact) mass is 485 g/mol. The molecule has 35 heavy (non-hydrogen) atoms.